The predicted octanol–water partition coefficient (Wildman–Crippen LogP) is 4.54. The van der Waals surface area contributed by atoms with Crippen LogP contribution in [0.25, 0.3) is 0 Å². The molecule has 2 fully saturated rings. The van der Waals surface area contributed by atoms with Gasteiger partial charge in [0.15, 0.2) is 0 Å². The van der Waals surface area contributed by atoms with Gasteiger partial charge in [0, 0.05) is 1.43 Å². The van der Waals surface area contributed by atoms with Gasteiger partial charge in [-0.15, -0.1) is 0 Å². The average molecular weight is 254 g/mol. The summed E-state index contributed by atoms with van der Waals surface area (Å²) in [5.74, 6) is 1.61. The van der Waals surface area contributed by atoms with Crippen LogP contribution in [-0.4, -0.2) is 18.3 Å². The summed E-state index contributed by atoms with van der Waals surface area (Å²) >= 11 is 0. The lowest BCUT2D eigenvalue weighted by Crippen LogP contribution is -2.41. The van der Waals surface area contributed by atoms with Gasteiger partial charge in [0.05, 0.1) is 11.2 Å². The molecule has 0 N–H and O–H groups in total. The van der Waals surface area contributed by atoms with Gasteiger partial charge in [0.2, 0.25) is 0 Å². The molecule has 1 heterocycles. The maximum atomic E-state index is 6.10. The van der Waals surface area contributed by atoms with E-state index in [-0.39, 0.29) is 19.7 Å². The fourth-order valence-electron chi connectivity index (χ4n) is 3.26. The van der Waals surface area contributed by atoms with Crippen molar-refractivity contribution in [3.63, 3.8) is 0 Å². The zero-order chi connectivity index (χ0) is 13.4. The molecule has 1 saturated carbocycles. The third-order valence-corrected chi connectivity index (χ3v) is 5.32. The zero-order valence-electron chi connectivity index (χ0n) is 12.8. The maximum absolute atomic E-state index is 6.10. The van der Waals surface area contributed by atoms with Crippen LogP contribution in [0.3, 0.4) is 0 Å². The van der Waals surface area contributed by atoms with Gasteiger partial charge in [-0.3, -0.25) is 0 Å². The van der Waals surface area contributed by atoms with Crippen LogP contribution < -0.4 is 0 Å². The van der Waals surface area contributed by atoms with Gasteiger partial charge in [-0.1, -0.05) is 39.0 Å². The Morgan fingerprint density at radius 2 is 1.56 bits per heavy atom. The summed E-state index contributed by atoms with van der Waals surface area (Å²) in [4.78, 5) is 0. The SMILES string of the molecule is CC(CB1OC(C)(C)C(C)(C)O1)C1CCCCC1.[HH]. The predicted molar refractivity (Wildman–Crippen MR) is 78.7 cm³/mol. The Labute approximate surface area is 114 Å². The summed E-state index contributed by atoms with van der Waals surface area (Å²) in [6.45, 7) is 10.9. The van der Waals surface area contributed by atoms with Crippen LogP contribution in [0.4, 0.5) is 0 Å². The standard InChI is InChI=1S/C15H29BO2.H2/c1-12(13-9-7-6-8-10-13)11-16-17-14(2,3)15(4,5)18-16;/h12-13H,6-11H2,1-5H3;1H. The van der Waals surface area contributed by atoms with Crippen molar-refractivity contribution in [3.8, 4) is 0 Å². The molecule has 1 aliphatic heterocycles. The smallest absolute Gasteiger partial charge is 0.403 e. The molecule has 0 amide bonds. The van der Waals surface area contributed by atoms with Gasteiger partial charge in [0.1, 0.15) is 0 Å². The fourth-order valence-corrected chi connectivity index (χ4v) is 3.26. The Hall–Kier alpha value is -0.0151. The van der Waals surface area contributed by atoms with E-state index in [1.54, 1.807) is 0 Å². The molecular formula is C15H31BO2. The van der Waals surface area contributed by atoms with Crippen LogP contribution >= 0.6 is 0 Å². The van der Waals surface area contributed by atoms with Gasteiger partial charge < -0.3 is 9.31 Å². The molecule has 1 unspecified atom stereocenters. The third-order valence-electron chi connectivity index (χ3n) is 5.32. The van der Waals surface area contributed by atoms with Gasteiger partial charge >= 0.3 is 7.12 Å². The summed E-state index contributed by atoms with van der Waals surface area (Å²) < 4.78 is 12.2. The van der Waals surface area contributed by atoms with Crippen LogP contribution in [0.5, 0.6) is 0 Å². The molecular weight excluding hydrogens is 223 g/mol. The minimum absolute atomic E-state index is 0. The highest BCUT2D eigenvalue weighted by Crippen LogP contribution is 2.40. The normalized spacial score (nSPS) is 29.5. The maximum Gasteiger partial charge on any atom is 0.458 e. The van der Waals surface area contributed by atoms with Crippen molar-refractivity contribution < 1.29 is 10.7 Å². The Balaban J connectivity index is 0.00000180. The second-order valence-electron chi connectivity index (χ2n) is 7.30. The van der Waals surface area contributed by atoms with Crippen LogP contribution in [0.1, 0.15) is 68.1 Å². The first-order valence-electron chi connectivity index (χ1n) is 7.67. The van der Waals surface area contributed by atoms with Gasteiger partial charge in [-0.2, -0.15) is 0 Å². The lowest BCUT2D eigenvalue weighted by molar-refractivity contribution is 0.00578. The minimum atomic E-state index is -0.177. The van der Waals surface area contributed by atoms with E-state index in [4.69, 9.17) is 9.31 Å². The van der Waals surface area contributed by atoms with E-state index >= 15 is 0 Å². The molecule has 2 rings (SSSR count). The first kappa shape index (κ1) is 14.4. The van der Waals surface area contributed by atoms with Crippen LogP contribution in [0, 0.1) is 11.8 Å². The monoisotopic (exact) mass is 254 g/mol. The first-order valence-corrected chi connectivity index (χ1v) is 7.67. The Morgan fingerprint density at radius 3 is 2.06 bits per heavy atom. The van der Waals surface area contributed by atoms with Gasteiger partial charge in [-0.25, -0.2) is 0 Å². The molecule has 3 heteroatoms. The van der Waals surface area contributed by atoms with Gasteiger partial charge in [-0.05, 0) is 45.9 Å². The fraction of sp³-hybridized carbons (Fsp3) is 1.00. The second-order valence-corrected chi connectivity index (χ2v) is 7.30. The molecule has 0 radical (unpaired) electrons. The van der Waals surface area contributed by atoms with E-state index in [2.05, 4.69) is 34.6 Å². The molecule has 0 aromatic heterocycles. The zero-order valence-corrected chi connectivity index (χ0v) is 12.8. The van der Waals surface area contributed by atoms with Crippen LogP contribution in [0.2, 0.25) is 6.32 Å². The van der Waals surface area contributed by atoms with Crippen molar-refractivity contribution in [2.45, 2.75) is 84.2 Å². The number of hydrogen-bond acceptors (Lipinski definition) is 2. The molecule has 2 aliphatic rings. The molecule has 1 saturated heterocycles. The highest BCUT2D eigenvalue weighted by molar-refractivity contribution is 6.45. The van der Waals surface area contributed by atoms with E-state index in [1.807, 2.05) is 0 Å². The molecule has 1 atom stereocenters. The average Bonchev–Trinajstić information content (AvgIpc) is 2.48. The minimum Gasteiger partial charge on any atom is -0.403 e. The molecule has 0 spiro atoms. The quantitative estimate of drug-likeness (QED) is 0.688. The lowest BCUT2D eigenvalue weighted by atomic mass is 9.69. The van der Waals surface area contributed by atoms with Crippen LogP contribution in [-0.2, 0) is 9.31 Å². The Kier molecular flexibility index (Phi) is 4.13. The van der Waals surface area contributed by atoms with Crippen molar-refractivity contribution >= 4 is 7.12 Å². The molecule has 0 aromatic rings. The Morgan fingerprint density at radius 1 is 1.06 bits per heavy atom. The molecule has 18 heavy (non-hydrogen) atoms. The van der Waals surface area contributed by atoms with Crippen molar-refractivity contribution in [1.82, 2.24) is 0 Å². The summed E-state index contributed by atoms with van der Waals surface area (Å²) in [5.41, 5.74) is -0.353. The van der Waals surface area contributed by atoms with Crippen molar-refractivity contribution in [3.05, 3.63) is 0 Å². The summed E-state index contributed by atoms with van der Waals surface area (Å²) in [6, 6.07) is 0. The largest absolute Gasteiger partial charge is 0.458 e. The molecule has 1 aliphatic carbocycles. The topological polar surface area (TPSA) is 18.5 Å². The van der Waals surface area contributed by atoms with Crippen molar-refractivity contribution in [2.75, 3.05) is 0 Å². The van der Waals surface area contributed by atoms with E-state index in [1.165, 1.54) is 32.1 Å². The first-order chi connectivity index (χ1) is 8.32. The highest BCUT2D eigenvalue weighted by atomic mass is 16.7. The lowest BCUT2D eigenvalue weighted by Gasteiger charge is -2.32. The summed E-state index contributed by atoms with van der Waals surface area (Å²) in [5, 5.41) is 0. The molecule has 0 bridgehead atoms. The Bertz CT molecular complexity index is 272. The number of rotatable bonds is 3. The molecule has 0 aromatic carbocycles. The summed E-state index contributed by atoms with van der Waals surface area (Å²) in [7, 11) is -0.00748. The van der Waals surface area contributed by atoms with E-state index < -0.39 is 0 Å². The number of hydrogen-bond donors (Lipinski definition) is 0. The van der Waals surface area contributed by atoms with E-state index in [0.717, 1.165) is 18.2 Å². The van der Waals surface area contributed by atoms with Crippen molar-refractivity contribution in [2.24, 2.45) is 11.8 Å². The van der Waals surface area contributed by atoms with Gasteiger partial charge in [0.25, 0.3) is 0 Å². The van der Waals surface area contributed by atoms with E-state index in [0.29, 0.717) is 0 Å². The van der Waals surface area contributed by atoms with Crippen molar-refractivity contribution in [1.29, 1.82) is 0 Å². The molecule has 106 valence electrons. The third kappa shape index (κ3) is 2.93. The van der Waals surface area contributed by atoms with E-state index in [9.17, 15) is 0 Å². The summed E-state index contributed by atoms with van der Waals surface area (Å²) in [6.07, 6.45) is 8.12. The highest BCUT2D eigenvalue weighted by Gasteiger charge is 2.51. The second kappa shape index (κ2) is 5.17. The van der Waals surface area contributed by atoms with Crippen LogP contribution in [0.15, 0.2) is 0 Å². The molecule has 2 nitrogen and oxygen atoms in total.